The van der Waals surface area contributed by atoms with Crippen molar-refractivity contribution in [1.82, 2.24) is 5.32 Å². The summed E-state index contributed by atoms with van der Waals surface area (Å²) in [6.07, 6.45) is -0.0650. The Bertz CT molecular complexity index is 491. The van der Waals surface area contributed by atoms with Crippen molar-refractivity contribution in [2.24, 2.45) is 5.41 Å². The minimum Gasteiger partial charge on any atom is -0.481 e. The summed E-state index contributed by atoms with van der Waals surface area (Å²) in [5.74, 6) is -0.752. The van der Waals surface area contributed by atoms with Crippen LogP contribution < -0.4 is 5.32 Å². The van der Waals surface area contributed by atoms with Gasteiger partial charge in [-0.1, -0.05) is 38.5 Å². The normalized spacial score (nSPS) is 12.8. The molecule has 0 aromatic heterocycles. The van der Waals surface area contributed by atoms with Gasteiger partial charge in [-0.3, -0.25) is 9.59 Å². The number of carboxylic acid groups (broad SMARTS) is 1. The van der Waals surface area contributed by atoms with Gasteiger partial charge >= 0.3 is 5.97 Å². The molecule has 0 radical (unpaired) electrons. The zero-order chi connectivity index (χ0) is 16.0. The van der Waals surface area contributed by atoms with Crippen LogP contribution in [0.1, 0.15) is 32.8 Å². The largest absolute Gasteiger partial charge is 0.481 e. The lowest BCUT2D eigenvalue weighted by Crippen LogP contribution is -2.45. The third kappa shape index (κ3) is 6.67. The summed E-state index contributed by atoms with van der Waals surface area (Å²) >= 11 is 1.45. The van der Waals surface area contributed by atoms with E-state index in [0.717, 1.165) is 4.90 Å². The van der Waals surface area contributed by atoms with E-state index in [1.54, 1.807) is 0 Å². The topological polar surface area (TPSA) is 66.4 Å². The second-order valence-corrected chi connectivity index (χ2v) is 7.23. The molecule has 4 nitrogen and oxygen atoms in total. The Labute approximate surface area is 130 Å². The zero-order valence-electron chi connectivity index (χ0n) is 13.0. The Kier molecular flexibility index (Phi) is 6.27. The van der Waals surface area contributed by atoms with Crippen LogP contribution in [-0.4, -0.2) is 28.8 Å². The Hall–Kier alpha value is -1.49. The van der Waals surface area contributed by atoms with Crippen molar-refractivity contribution in [1.29, 1.82) is 0 Å². The summed E-state index contributed by atoms with van der Waals surface area (Å²) in [6, 6.07) is 7.59. The van der Waals surface area contributed by atoms with Crippen molar-refractivity contribution in [3.63, 3.8) is 0 Å². The first-order valence-electron chi connectivity index (χ1n) is 6.89. The first-order valence-corrected chi connectivity index (χ1v) is 7.87. The highest BCUT2D eigenvalue weighted by molar-refractivity contribution is 8.00. The molecule has 0 bridgehead atoms. The third-order valence-corrected chi connectivity index (χ3v) is 4.16. The molecule has 21 heavy (non-hydrogen) atoms. The number of rotatable bonds is 6. The molecule has 1 atom stereocenters. The average molecular weight is 309 g/mol. The monoisotopic (exact) mass is 309 g/mol. The third-order valence-electron chi connectivity index (χ3n) is 3.15. The Morgan fingerprint density at radius 1 is 1.24 bits per heavy atom. The van der Waals surface area contributed by atoms with Crippen LogP contribution in [0.2, 0.25) is 0 Å². The molecule has 0 spiro atoms. The van der Waals surface area contributed by atoms with Gasteiger partial charge in [-0.05, 0) is 24.5 Å². The SMILES string of the molecule is Cc1ccc(SCC(=O)NC(CC(=O)O)C(C)(C)C)cc1. The molecule has 0 saturated carbocycles. The zero-order valence-corrected chi connectivity index (χ0v) is 13.8. The quantitative estimate of drug-likeness (QED) is 0.793. The maximum atomic E-state index is 12.0. The minimum absolute atomic E-state index is 0.0650. The molecule has 1 amide bonds. The van der Waals surface area contributed by atoms with E-state index in [1.807, 2.05) is 52.0 Å². The predicted molar refractivity (Wildman–Crippen MR) is 85.5 cm³/mol. The number of thioether (sulfide) groups is 1. The average Bonchev–Trinajstić information content (AvgIpc) is 2.36. The molecule has 0 aliphatic rings. The van der Waals surface area contributed by atoms with Crippen LogP contribution in [0.5, 0.6) is 0 Å². The van der Waals surface area contributed by atoms with Crippen LogP contribution in [0, 0.1) is 12.3 Å². The fourth-order valence-corrected chi connectivity index (χ4v) is 2.48. The van der Waals surface area contributed by atoms with E-state index in [1.165, 1.54) is 17.3 Å². The first kappa shape index (κ1) is 17.6. The highest BCUT2D eigenvalue weighted by Crippen LogP contribution is 2.23. The second kappa shape index (κ2) is 7.50. The van der Waals surface area contributed by atoms with Gasteiger partial charge in [0.15, 0.2) is 0 Å². The van der Waals surface area contributed by atoms with Gasteiger partial charge in [0.25, 0.3) is 0 Å². The van der Waals surface area contributed by atoms with Crippen LogP contribution in [-0.2, 0) is 9.59 Å². The van der Waals surface area contributed by atoms with Crippen LogP contribution in [0.3, 0.4) is 0 Å². The number of aryl methyl sites for hydroxylation is 1. The van der Waals surface area contributed by atoms with Gasteiger partial charge in [0.1, 0.15) is 0 Å². The number of amides is 1. The van der Waals surface area contributed by atoms with Gasteiger partial charge in [-0.2, -0.15) is 0 Å². The molecular formula is C16H23NO3S. The molecule has 1 unspecified atom stereocenters. The van der Waals surface area contributed by atoms with E-state index in [0.29, 0.717) is 0 Å². The Balaban J connectivity index is 2.54. The minimum atomic E-state index is -0.901. The number of carboxylic acids is 1. The van der Waals surface area contributed by atoms with Gasteiger partial charge in [-0.25, -0.2) is 0 Å². The molecule has 0 saturated heterocycles. The van der Waals surface area contributed by atoms with Crippen LogP contribution in [0.4, 0.5) is 0 Å². The molecule has 1 aromatic rings. The number of carbonyl (C=O) groups excluding carboxylic acids is 1. The number of hydrogen-bond donors (Lipinski definition) is 2. The van der Waals surface area contributed by atoms with Gasteiger partial charge in [-0.15, -0.1) is 11.8 Å². The molecular weight excluding hydrogens is 286 g/mol. The van der Waals surface area contributed by atoms with E-state index in [4.69, 9.17) is 5.11 Å². The first-order chi connectivity index (χ1) is 9.68. The van der Waals surface area contributed by atoms with E-state index < -0.39 is 5.97 Å². The molecule has 0 fully saturated rings. The molecule has 0 aliphatic heterocycles. The van der Waals surface area contributed by atoms with Gasteiger partial charge in [0.2, 0.25) is 5.91 Å². The smallest absolute Gasteiger partial charge is 0.305 e. The van der Waals surface area contributed by atoms with Gasteiger partial charge in [0, 0.05) is 10.9 Å². The molecule has 2 N–H and O–H groups in total. The van der Waals surface area contributed by atoms with E-state index >= 15 is 0 Å². The van der Waals surface area contributed by atoms with Crippen LogP contribution in [0.15, 0.2) is 29.2 Å². The fourth-order valence-electron chi connectivity index (χ4n) is 1.77. The van der Waals surface area contributed by atoms with Crippen molar-refractivity contribution in [3.05, 3.63) is 29.8 Å². The summed E-state index contributed by atoms with van der Waals surface area (Å²) in [6.45, 7) is 7.79. The molecule has 1 aromatic carbocycles. The summed E-state index contributed by atoms with van der Waals surface area (Å²) in [5, 5.41) is 11.8. The number of hydrogen-bond acceptors (Lipinski definition) is 3. The van der Waals surface area contributed by atoms with Crippen molar-refractivity contribution in [2.75, 3.05) is 5.75 Å². The van der Waals surface area contributed by atoms with E-state index in [2.05, 4.69) is 5.32 Å². The van der Waals surface area contributed by atoms with E-state index in [-0.39, 0.29) is 29.5 Å². The highest BCUT2D eigenvalue weighted by Gasteiger charge is 2.28. The summed E-state index contributed by atoms with van der Waals surface area (Å²) in [7, 11) is 0. The number of carbonyl (C=O) groups is 2. The van der Waals surface area contributed by atoms with Crippen molar-refractivity contribution < 1.29 is 14.7 Å². The summed E-state index contributed by atoms with van der Waals surface area (Å²) in [5.41, 5.74) is 0.890. The number of benzene rings is 1. The van der Waals surface area contributed by atoms with Crippen LogP contribution in [0.25, 0.3) is 0 Å². The highest BCUT2D eigenvalue weighted by atomic mass is 32.2. The molecule has 0 aliphatic carbocycles. The lowest BCUT2D eigenvalue weighted by molar-refractivity contribution is -0.138. The standard InChI is InChI=1S/C16H23NO3S/c1-11-5-7-12(8-6-11)21-10-14(18)17-13(9-15(19)20)16(2,3)4/h5-8,13H,9-10H2,1-4H3,(H,17,18)(H,19,20). The Morgan fingerprint density at radius 2 is 1.81 bits per heavy atom. The molecule has 5 heteroatoms. The predicted octanol–water partition coefficient (Wildman–Crippen LogP) is 3.09. The van der Waals surface area contributed by atoms with Crippen molar-refractivity contribution in [2.45, 2.75) is 45.1 Å². The Morgan fingerprint density at radius 3 is 2.29 bits per heavy atom. The number of aliphatic carboxylic acids is 1. The van der Waals surface area contributed by atoms with E-state index in [9.17, 15) is 9.59 Å². The number of nitrogens with one attached hydrogen (secondary N) is 1. The maximum Gasteiger partial charge on any atom is 0.305 e. The molecule has 116 valence electrons. The second-order valence-electron chi connectivity index (χ2n) is 6.19. The molecule has 1 rings (SSSR count). The van der Waals surface area contributed by atoms with Crippen LogP contribution >= 0.6 is 11.8 Å². The van der Waals surface area contributed by atoms with Gasteiger partial charge in [0.05, 0.1) is 12.2 Å². The lowest BCUT2D eigenvalue weighted by Gasteiger charge is -2.30. The van der Waals surface area contributed by atoms with Gasteiger partial charge < -0.3 is 10.4 Å². The fraction of sp³-hybridized carbons (Fsp3) is 0.500. The lowest BCUT2D eigenvalue weighted by atomic mass is 9.85. The van der Waals surface area contributed by atoms with Crippen molar-refractivity contribution >= 4 is 23.6 Å². The maximum absolute atomic E-state index is 12.0. The van der Waals surface area contributed by atoms with Crippen molar-refractivity contribution in [3.8, 4) is 0 Å². The summed E-state index contributed by atoms with van der Waals surface area (Å²) < 4.78 is 0. The summed E-state index contributed by atoms with van der Waals surface area (Å²) in [4.78, 5) is 23.9. The molecule has 0 heterocycles.